The van der Waals surface area contributed by atoms with Gasteiger partial charge in [-0.3, -0.25) is 9.48 Å². The predicted molar refractivity (Wildman–Crippen MR) is 81.8 cm³/mol. The van der Waals surface area contributed by atoms with Crippen LogP contribution in [0.2, 0.25) is 5.02 Å². The molecular formula is C14H15ClN6O. The second-order valence-corrected chi connectivity index (χ2v) is 5.47. The van der Waals surface area contributed by atoms with Crippen molar-refractivity contribution >= 4 is 23.2 Å². The van der Waals surface area contributed by atoms with Crippen LogP contribution in [0.15, 0.2) is 24.7 Å². The summed E-state index contributed by atoms with van der Waals surface area (Å²) >= 11 is 6.19. The molecule has 8 heteroatoms. The Morgan fingerprint density at radius 2 is 2.18 bits per heavy atom. The maximum atomic E-state index is 12.4. The Labute approximate surface area is 131 Å². The van der Waals surface area contributed by atoms with Gasteiger partial charge in [-0.25, -0.2) is 9.50 Å². The molecular weight excluding hydrogens is 304 g/mol. The molecule has 1 amide bonds. The van der Waals surface area contributed by atoms with Gasteiger partial charge in [-0.05, 0) is 19.9 Å². The number of aromatic nitrogens is 5. The van der Waals surface area contributed by atoms with Crippen molar-refractivity contribution in [3.8, 4) is 0 Å². The number of hydrogen-bond acceptors (Lipinski definition) is 4. The molecule has 3 aromatic heterocycles. The van der Waals surface area contributed by atoms with Gasteiger partial charge >= 0.3 is 0 Å². The van der Waals surface area contributed by atoms with Gasteiger partial charge in [-0.15, -0.1) is 0 Å². The van der Waals surface area contributed by atoms with Crippen LogP contribution >= 0.6 is 11.6 Å². The predicted octanol–water partition coefficient (Wildman–Crippen LogP) is 1.92. The number of aryl methyl sites for hydroxylation is 2. The lowest BCUT2D eigenvalue weighted by atomic mass is 10.1. The van der Waals surface area contributed by atoms with E-state index in [1.165, 1.54) is 4.52 Å². The Balaban J connectivity index is 1.87. The summed E-state index contributed by atoms with van der Waals surface area (Å²) in [5.74, 6) is -0.341. The first-order valence-electron chi connectivity index (χ1n) is 6.77. The topological polar surface area (TPSA) is 77.1 Å². The Morgan fingerprint density at radius 3 is 2.82 bits per heavy atom. The fourth-order valence-electron chi connectivity index (χ4n) is 2.39. The molecule has 1 atom stereocenters. The van der Waals surface area contributed by atoms with Crippen molar-refractivity contribution in [2.75, 3.05) is 0 Å². The molecule has 0 bridgehead atoms. The maximum Gasteiger partial charge on any atom is 0.273 e. The van der Waals surface area contributed by atoms with Crippen molar-refractivity contribution < 1.29 is 4.79 Å². The summed E-state index contributed by atoms with van der Waals surface area (Å²) in [6.07, 6.45) is 5.18. The number of halogens is 1. The number of carbonyl (C=O) groups is 1. The molecule has 0 spiro atoms. The molecule has 3 aromatic rings. The Bertz CT molecular complexity index is 852. The minimum atomic E-state index is -0.341. The third-order valence-corrected chi connectivity index (χ3v) is 3.77. The van der Waals surface area contributed by atoms with Crippen LogP contribution < -0.4 is 5.32 Å². The quantitative estimate of drug-likeness (QED) is 0.800. The summed E-state index contributed by atoms with van der Waals surface area (Å²) in [5.41, 5.74) is 2.44. The highest BCUT2D eigenvalue weighted by Crippen LogP contribution is 2.21. The number of hydrogen-bond donors (Lipinski definition) is 1. The van der Waals surface area contributed by atoms with Crippen LogP contribution in [0.5, 0.6) is 0 Å². The molecule has 0 aliphatic heterocycles. The molecule has 3 rings (SSSR count). The SMILES string of the molecule is Cc1nn(C)cc1[C@@H](C)NC(=O)c1nn2cccnc2c1Cl. The Hall–Kier alpha value is -2.41. The van der Waals surface area contributed by atoms with Crippen molar-refractivity contribution in [2.24, 2.45) is 7.05 Å². The minimum Gasteiger partial charge on any atom is -0.344 e. The fourth-order valence-corrected chi connectivity index (χ4v) is 2.65. The molecule has 1 N–H and O–H groups in total. The van der Waals surface area contributed by atoms with Gasteiger partial charge in [0, 0.05) is 31.2 Å². The van der Waals surface area contributed by atoms with E-state index in [0.717, 1.165) is 11.3 Å². The zero-order valence-corrected chi connectivity index (χ0v) is 13.2. The van der Waals surface area contributed by atoms with Gasteiger partial charge in [0.15, 0.2) is 11.3 Å². The molecule has 114 valence electrons. The van der Waals surface area contributed by atoms with E-state index in [0.29, 0.717) is 5.65 Å². The average molecular weight is 319 g/mol. The number of nitrogens with zero attached hydrogens (tertiary/aromatic N) is 5. The van der Waals surface area contributed by atoms with Crippen molar-refractivity contribution in [1.29, 1.82) is 0 Å². The molecule has 0 unspecified atom stereocenters. The van der Waals surface area contributed by atoms with Crippen molar-refractivity contribution in [3.63, 3.8) is 0 Å². The van der Waals surface area contributed by atoms with Gasteiger partial charge in [0.05, 0.1) is 11.7 Å². The van der Waals surface area contributed by atoms with Crippen molar-refractivity contribution in [3.05, 3.63) is 46.6 Å². The van der Waals surface area contributed by atoms with Crippen LogP contribution in [-0.4, -0.2) is 30.3 Å². The maximum absolute atomic E-state index is 12.4. The molecule has 0 aromatic carbocycles. The summed E-state index contributed by atoms with van der Waals surface area (Å²) in [6, 6.07) is 1.52. The summed E-state index contributed by atoms with van der Waals surface area (Å²) in [5, 5.41) is 11.6. The van der Waals surface area contributed by atoms with Gasteiger partial charge in [0.2, 0.25) is 0 Å². The number of nitrogens with one attached hydrogen (secondary N) is 1. The summed E-state index contributed by atoms with van der Waals surface area (Å²) in [4.78, 5) is 16.5. The highest BCUT2D eigenvalue weighted by Gasteiger charge is 2.21. The summed E-state index contributed by atoms with van der Waals surface area (Å²) in [7, 11) is 1.84. The normalized spacial score (nSPS) is 12.5. The second-order valence-electron chi connectivity index (χ2n) is 5.09. The molecule has 0 aliphatic rings. The molecule has 0 saturated heterocycles. The number of amides is 1. The zero-order valence-electron chi connectivity index (χ0n) is 12.4. The van der Waals surface area contributed by atoms with E-state index in [1.807, 2.05) is 27.1 Å². The highest BCUT2D eigenvalue weighted by molar-refractivity contribution is 6.36. The van der Waals surface area contributed by atoms with E-state index >= 15 is 0 Å². The van der Waals surface area contributed by atoms with Gasteiger partial charge in [0.1, 0.15) is 5.02 Å². The largest absolute Gasteiger partial charge is 0.344 e. The van der Waals surface area contributed by atoms with Crippen LogP contribution in [-0.2, 0) is 7.05 Å². The van der Waals surface area contributed by atoms with Crippen LogP contribution in [0, 0.1) is 6.92 Å². The third kappa shape index (κ3) is 2.43. The van der Waals surface area contributed by atoms with Crippen molar-refractivity contribution in [1.82, 2.24) is 29.7 Å². The lowest BCUT2D eigenvalue weighted by Gasteiger charge is -2.12. The van der Waals surface area contributed by atoms with E-state index in [2.05, 4.69) is 20.5 Å². The molecule has 7 nitrogen and oxygen atoms in total. The monoisotopic (exact) mass is 318 g/mol. The van der Waals surface area contributed by atoms with Crippen LogP contribution in [0.4, 0.5) is 0 Å². The number of carbonyl (C=O) groups excluding carboxylic acids is 1. The average Bonchev–Trinajstić information content (AvgIpc) is 2.99. The van der Waals surface area contributed by atoms with Crippen LogP contribution in [0.25, 0.3) is 5.65 Å². The van der Waals surface area contributed by atoms with E-state index in [-0.39, 0.29) is 22.7 Å². The summed E-state index contributed by atoms with van der Waals surface area (Å²) in [6.45, 7) is 3.80. The standard InChI is InChI=1S/C14H15ClN6O/c1-8(10-7-20(3)18-9(10)2)17-14(22)12-11(15)13-16-5-4-6-21(13)19-12/h4-8H,1-3H3,(H,17,22)/t8-/m1/s1. The fraction of sp³-hybridized carbons (Fsp3) is 0.286. The number of fused-ring (bicyclic) bond motifs is 1. The minimum absolute atomic E-state index is 0.161. The second kappa shape index (κ2) is 5.42. The Kier molecular flexibility index (Phi) is 3.58. The molecule has 0 aliphatic carbocycles. The summed E-state index contributed by atoms with van der Waals surface area (Å²) < 4.78 is 3.20. The molecule has 3 heterocycles. The van der Waals surface area contributed by atoms with Crippen LogP contribution in [0.1, 0.15) is 34.7 Å². The third-order valence-electron chi connectivity index (χ3n) is 3.42. The van der Waals surface area contributed by atoms with Gasteiger partial charge in [-0.1, -0.05) is 11.6 Å². The first-order chi connectivity index (χ1) is 10.5. The molecule has 0 radical (unpaired) electrons. The lowest BCUT2D eigenvalue weighted by molar-refractivity contribution is 0.0934. The number of rotatable bonds is 3. The highest BCUT2D eigenvalue weighted by atomic mass is 35.5. The first-order valence-corrected chi connectivity index (χ1v) is 7.15. The zero-order chi connectivity index (χ0) is 15.9. The lowest BCUT2D eigenvalue weighted by Crippen LogP contribution is -2.27. The van der Waals surface area contributed by atoms with E-state index < -0.39 is 0 Å². The van der Waals surface area contributed by atoms with Gasteiger partial charge in [0.25, 0.3) is 5.91 Å². The Morgan fingerprint density at radius 1 is 1.41 bits per heavy atom. The first kappa shape index (κ1) is 14.5. The molecule has 22 heavy (non-hydrogen) atoms. The van der Waals surface area contributed by atoms with Crippen molar-refractivity contribution in [2.45, 2.75) is 19.9 Å². The van der Waals surface area contributed by atoms with Gasteiger partial charge < -0.3 is 5.32 Å². The van der Waals surface area contributed by atoms with Gasteiger partial charge in [-0.2, -0.15) is 10.2 Å². The smallest absolute Gasteiger partial charge is 0.273 e. The van der Waals surface area contributed by atoms with E-state index in [9.17, 15) is 4.79 Å². The van der Waals surface area contributed by atoms with E-state index in [4.69, 9.17) is 11.6 Å². The van der Waals surface area contributed by atoms with Crippen LogP contribution in [0.3, 0.4) is 0 Å². The van der Waals surface area contributed by atoms with E-state index in [1.54, 1.807) is 23.1 Å². The molecule has 0 fully saturated rings. The molecule has 0 saturated carbocycles.